The zero-order valence-electron chi connectivity index (χ0n) is 10.3. The fraction of sp³-hybridized carbons (Fsp3) is 0.125. The molecule has 19 heavy (non-hydrogen) atoms. The lowest BCUT2D eigenvalue weighted by Gasteiger charge is -2.22. The van der Waals surface area contributed by atoms with E-state index < -0.39 is 0 Å². The SMILES string of the molecule is O=c1nc2n(c3ccccc13)Cc1ccccc1C2. The number of nitrogens with zero attached hydrogens (tertiary/aromatic N) is 2. The normalized spacial score (nSPS) is 13.1. The molecule has 0 bridgehead atoms. The van der Waals surface area contributed by atoms with Crippen molar-refractivity contribution in [3.05, 3.63) is 75.8 Å². The Kier molecular flexibility index (Phi) is 2.09. The van der Waals surface area contributed by atoms with E-state index in [1.54, 1.807) is 0 Å². The van der Waals surface area contributed by atoms with Gasteiger partial charge in [0, 0.05) is 13.0 Å². The molecule has 3 heteroatoms. The largest absolute Gasteiger partial charge is 0.324 e. The van der Waals surface area contributed by atoms with E-state index in [9.17, 15) is 4.79 Å². The van der Waals surface area contributed by atoms with Crippen LogP contribution in [0.2, 0.25) is 0 Å². The van der Waals surface area contributed by atoms with E-state index in [4.69, 9.17) is 0 Å². The van der Waals surface area contributed by atoms with Gasteiger partial charge < -0.3 is 4.57 Å². The van der Waals surface area contributed by atoms with Crippen LogP contribution >= 0.6 is 0 Å². The Morgan fingerprint density at radius 2 is 1.68 bits per heavy atom. The van der Waals surface area contributed by atoms with Crippen molar-refractivity contribution in [1.82, 2.24) is 9.55 Å². The summed E-state index contributed by atoms with van der Waals surface area (Å²) in [5.74, 6) is 0.863. The molecular weight excluding hydrogens is 236 g/mol. The molecule has 0 saturated carbocycles. The van der Waals surface area contributed by atoms with Crippen LogP contribution in [0.3, 0.4) is 0 Å². The predicted octanol–water partition coefficient (Wildman–Crippen LogP) is 2.35. The van der Waals surface area contributed by atoms with Gasteiger partial charge in [0.25, 0.3) is 5.56 Å². The van der Waals surface area contributed by atoms with Gasteiger partial charge in [0.2, 0.25) is 0 Å². The van der Waals surface area contributed by atoms with Crippen molar-refractivity contribution < 1.29 is 0 Å². The first-order chi connectivity index (χ1) is 9.33. The van der Waals surface area contributed by atoms with Gasteiger partial charge in [0.15, 0.2) is 0 Å². The third kappa shape index (κ3) is 1.51. The minimum absolute atomic E-state index is 0.124. The topological polar surface area (TPSA) is 34.9 Å². The van der Waals surface area contributed by atoms with Gasteiger partial charge in [0.1, 0.15) is 5.82 Å². The molecule has 3 nitrogen and oxygen atoms in total. The summed E-state index contributed by atoms with van der Waals surface area (Å²) in [6, 6.07) is 16.0. The number of rotatable bonds is 0. The summed E-state index contributed by atoms with van der Waals surface area (Å²) in [5, 5.41) is 0.700. The lowest BCUT2D eigenvalue weighted by molar-refractivity contribution is 0.694. The van der Waals surface area contributed by atoms with Gasteiger partial charge in [-0.2, -0.15) is 4.98 Å². The first-order valence-electron chi connectivity index (χ1n) is 6.38. The smallest absolute Gasteiger partial charge is 0.280 e. The van der Waals surface area contributed by atoms with Crippen LogP contribution in [0.1, 0.15) is 17.0 Å². The van der Waals surface area contributed by atoms with Crippen LogP contribution in [0.15, 0.2) is 53.3 Å². The Morgan fingerprint density at radius 1 is 0.947 bits per heavy atom. The van der Waals surface area contributed by atoms with Crippen LogP contribution in [0, 0.1) is 0 Å². The molecule has 2 aromatic carbocycles. The molecule has 1 aliphatic rings. The van der Waals surface area contributed by atoms with E-state index in [1.165, 1.54) is 11.1 Å². The van der Waals surface area contributed by atoms with E-state index in [1.807, 2.05) is 30.3 Å². The van der Waals surface area contributed by atoms with Crippen molar-refractivity contribution >= 4 is 10.9 Å². The second-order valence-corrected chi connectivity index (χ2v) is 4.88. The van der Waals surface area contributed by atoms with Gasteiger partial charge >= 0.3 is 0 Å². The highest BCUT2D eigenvalue weighted by atomic mass is 16.1. The Balaban J connectivity index is 2.04. The molecule has 92 valence electrons. The summed E-state index contributed by atoms with van der Waals surface area (Å²) in [6.45, 7) is 0.791. The zero-order chi connectivity index (χ0) is 12.8. The van der Waals surface area contributed by atoms with Crippen molar-refractivity contribution in [3.63, 3.8) is 0 Å². The molecule has 2 heterocycles. The van der Waals surface area contributed by atoms with Gasteiger partial charge in [-0.05, 0) is 23.3 Å². The second-order valence-electron chi connectivity index (χ2n) is 4.88. The fourth-order valence-corrected chi connectivity index (χ4v) is 2.80. The third-order valence-corrected chi connectivity index (χ3v) is 3.76. The molecule has 0 unspecified atom stereocenters. The number of benzene rings is 2. The molecule has 1 aliphatic heterocycles. The Labute approximate surface area is 110 Å². The zero-order valence-corrected chi connectivity index (χ0v) is 10.3. The Bertz CT molecular complexity index is 849. The molecule has 0 fully saturated rings. The molecule has 4 rings (SSSR count). The quantitative estimate of drug-likeness (QED) is 0.479. The molecule has 0 amide bonds. The van der Waals surface area contributed by atoms with E-state index in [0.717, 1.165) is 24.3 Å². The van der Waals surface area contributed by atoms with Crippen LogP contribution in [0.25, 0.3) is 10.9 Å². The molecule has 1 aromatic heterocycles. The molecule has 0 radical (unpaired) electrons. The van der Waals surface area contributed by atoms with Gasteiger partial charge in [-0.3, -0.25) is 4.79 Å². The van der Waals surface area contributed by atoms with E-state index >= 15 is 0 Å². The van der Waals surface area contributed by atoms with Gasteiger partial charge in [-0.1, -0.05) is 36.4 Å². The summed E-state index contributed by atoms with van der Waals surface area (Å²) in [5.41, 5.74) is 3.43. The van der Waals surface area contributed by atoms with E-state index in [-0.39, 0.29) is 5.56 Å². The minimum Gasteiger partial charge on any atom is -0.324 e. The summed E-state index contributed by atoms with van der Waals surface area (Å²) < 4.78 is 2.15. The highest BCUT2D eigenvalue weighted by molar-refractivity contribution is 5.78. The third-order valence-electron chi connectivity index (χ3n) is 3.76. The van der Waals surface area contributed by atoms with Gasteiger partial charge in [-0.15, -0.1) is 0 Å². The summed E-state index contributed by atoms with van der Waals surface area (Å²) in [6.07, 6.45) is 0.732. The monoisotopic (exact) mass is 248 g/mol. The van der Waals surface area contributed by atoms with E-state index in [0.29, 0.717) is 5.39 Å². The van der Waals surface area contributed by atoms with Crippen molar-refractivity contribution in [3.8, 4) is 0 Å². The molecule has 0 N–H and O–H groups in total. The number of para-hydroxylation sites is 1. The number of hydrogen-bond donors (Lipinski definition) is 0. The maximum absolute atomic E-state index is 12.0. The lowest BCUT2D eigenvalue weighted by Crippen LogP contribution is -2.23. The standard InChI is InChI=1S/C16H12N2O/c19-16-13-7-3-4-8-14(13)18-10-12-6-2-1-5-11(12)9-15(18)17-16/h1-8H,9-10H2. The number of hydrogen-bond acceptors (Lipinski definition) is 2. The molecular formula is C16H12N2O. The maximum atomic E-state index is 12.0. The lowest BCUT2D eigenvalue weighted by atomic mass is 10.00. The summed E-state index contributed by atoms with van der Waals surface area (Å²) in [4.78, 5) is 16.3. The maximum Gasteiger partial charge on any atom is 0.280 e. The number of aromatic nitrogens is 2. The molecule has 3 aromatic rings. The van der Waals surface area contributed by atoms with Crippen molar-refractivity contribution in [2.45, 2.75) is 13.0 Å². The molecule has 0 aliphatic carbocycles. The first kappa shape index (κ1) is 10.5. The Morgan fingerprint density at radius 3 is 2.58 bits per heavy atom. The van der Waals surface area contributed by atoms with E-state index in [2.05, 4.69) is 27.8 Å². The van der Waals surface area contributed by atoms with Gasteiger partial charge in [0.05, 0.1) is 10.9 Å². The molecule has 0 saturated heterocycles. The predicted molar refractivity (Wildman–Crippen MR) is 74.4 cm³/mol. The minimum atomic E-state index is -0.124. The average Bonchev–Trinajstić information content (AvgIpc) is 2.46. The van der Waals surface area contributed by atoms with Crippen molar-refractivity contribution in [1.29, 1.82) is 0 Å². The summed E-state index contributed by atoms with van der Waals surface area (Å²) >= 11 is 0. The first-order valence-corrected chi connectivity index (χ1v) is 6.38. The average molecular weight is 248 g/mol. The number of fused-ring (bicyclic) bond motifs is 4. The van der Waals surface area contributed by atoms with Crippen molar-refractivity contribution in [2.75, 3.05) is 0 Å². The highest BCUT2D eigenvalue weighted by Gasteiger charge is 2.17. The van der Waals surface area contributed by atoms with Crippen LogP contribution in [-0.4, -0.2) is 9.55 Å². The van der Waals surface area contributed by atoms with Crippen LogP contribution in [0.5, 0.6) is 0 Å². The van der Waals surface area contributed by atoms with Crippen LogP contribution in [0.4, 0.5) is 0 Å². The van der Waals surface area contributed by atoms with Crippen molar-refractivity contribution in [2.24, 2.45) is 0 Å². The molecule has 0 spiro atoms. The van der Waals surface area contributed by atoms with Crippen LogP contribution < -0.4 is 5.56 Å². The fourth-order valence-electron chi connectivity index (χ4n) is 2.80. The highest BCUT2D eigenvalue weighted by Crippen LogP contribution is 2.23. The summed E-state index contributed by atoms with van der Waals surface area (Å²) in [7, 11) is 0. The Hall–Kier alpha value is -2.42. The molecule has 0 atom stereocenters. The second kappa shape index (κ2) is 3.79. The van der Waals surface area contributed by atoms with Gasteiger partial charge in [-0.25, -0.2) is 0 Å². The van der Waals surface area contributed by atoms with Crippen LogP contribution in [-0.2, 0) is 13.0 Å².